The Balaban J connectivity index is 2.78. The van der Waals surface area contributed by atoms with Gasteiger partial charge in [-0.1, -0.05) is 0 Å². The molecule has 0 aromatic heterocycles. The van der Waals surface area contributed by atoms with Gasteiger partial charge in [-0.05, 0) is 0 Å². The van der Waals surface area contributed by atoms with Crippen LogP contribution in [-0.4, -0.2) is 24.1 Å². The highest BCUT2D eigenvalue weighted by atomic mass is 19.4. The third kappa shape index (κ3) is 1.64. The summed E-state index contributed by atoms with van der Waals surface area (Å²) < 4.78 is 97.4. The van der Waals surface area contributed by atoms with Crippen LogP contribution in [0.3, 0.4) is 0 Å². The third-order valence-corrected chi connectivity index (χ3v) is 1.49. The molecule has 1 aliphatic rings. The topological polar surface area (TPSA) is 12.5 Å². The lowest BCUT2D eigenvalue weighted by Crippen LogP contribution is -2.41. The zero-order valence-electron chi connectivity index (χ0n) is 6.14. The van der Waals surface area contributed by atoms with Gasteiger partial charge in [-0.2, -0.15) is 35.1 Å². The molecule has 0 aromatic carbocycles. The summed E-state index contributed by atoms with van der Waals surface area (Å²) in [5, 5.41) is 0. The molecular weight excluding hydrogens is 228 g/mol. The molecule has 0 N–H and O–H groups in total. The van der Waals surface area contributed by atoms with Gasteiger partial charge >= 0.3 is 24.1 Å². The van der Waals surface area contributed by atoms with Gasteiger partial charge in [-0.3, -0.25) is 4.74 Å². The van der Waals surface area contributed by atoms with Gasteiger partial charge in [-0.15, -0.1) is 0 Å². The molecule has 1 nitrogen and oxygen atoms in total. The first kappa shape index (κ1) is 11.5. The molecule has 9 heteroatoms. The normalized spacial score (nSPS) is 31.7. The van der Waals surface area contributed by atoms with Gasteiger partial charge < -0.3 is 0 Å². The van der Waals surface area contributed by atoms with Crippen molar-refractivity contribution in [3.8, 4) is 0 Å². The largest absolute Gasteiger partial charge is 0.424 e. The summed E-state index contributed by atoms with van der Waals surface area (Å²) in [6.07, 6.45) is -13.3. The molecule has 0 aliphatic carbocycles. The maximum atomic E-state index is 12.4. The van der Waals surface area contributed by atoms with E-state index in [2.05, 4.69) is 4.74 Å². The Hall–Kier alpha value is -0.600. The number of epoxide rings is 1. The van der Waals surface area contributed by atoms with Crippen LogP contribution in [0.15, 0.2) is 0 Å². The Labute approximate surface area is 71.6 Å². The van der Waals surface area contributed by atoms with Crippen LogP contribution in [0.5, 0.6) is 0 Å². The predicted octanol–water partition coefficient (Wildman–Crippen LogP) is 2.86. The van der Waals surface area contributed by atoms with E-state index in [-0.39, 0.29) is 0 Å². The fraction of sp³-hybridized carbons (Fsp3) is 1.00. The van der Waals surface area contributed by atoms with Crippen molar-refractivity contribution in [2.24, 2.45) is 0 Å². The molecule has 1 unspecified atom stereocenters. The molecule has 0 spiro atoms. The van der Waals surface area contributed by atoms with Crippen LogP contribution in [0.25, 0.3) is 0 Å². The molecule has 0 radical (unpaired) electrons. The minimum absolute atomic E-state index is 2.65. The van der Waals surface area contributed by atoms with Crippen molar-refractivity contribution in [3.63, 3.8) is 0 Å². The van der Waals surface area contributed by atoms with E-state index in [0.29, 0.717) is 0 Å². The standard InChI is InChI=1S/C5H2F8O/c6-2(7,1-3(8,9)10)4(11)5(12,13)14-4/h1H2. The molecule has 1 saturated heterocycles. The molecule has 0 aromatic rings. The van der Waals surface area contributed by atoms with E-state index in [0.717, 1.165) is 0 Å². The number of ether oxygens (including phenoxy) is 1. The van der Waals surface area contributed by atoms with Crippen molar-refractivity contribution < 1.29 is 39.9 Å². The number of hydrogen-bond acceptors (Lipinski definition) is 1. The third-order valence-electron chi connectivity index (χ3n) is 1.49. The maximum absolute atomic E-state index is 12.4. The molecule has 1 aliphatic heterocycles. The fourth-order valence-corrected chi connectivity index (χ4v) is 0.804. The summed E-state index contributed by atoms with van der Waals surface area (Å²) >= 11 is 0. The lowest BCUT2D eigenvalue weighted by atomic mass is 10.1. The molecule has 1 atom stereocenters. The second-order valence-corrected chi connectivity index (χ2v) is 2.71. The molecule has 0 amide bonds. The second kappa shape index (κ2) is 2.50. The van der Waals surface area contributed by atoms with Crippen LogP contribution in [0.2, 0.25) is 0 Å². The van der Waals surface area contributed by atoms with Gasteiger partial charge in [0.05, 0.1) is 0 Å². The Morgan fingerprint density at radius 3 is 1.50 bits per heavy atom. The van der Waals surface area contributed by atoms with Crippen molar-refractivity contribution in [1.29, 1.82) is 0 Å². The van der Waals surface area contributed by atoms with Crippen LogP contribution in [-0.2, 0) is 4.74 Å². The van der Waals surface area contributed by atoms with Crippen molar-refractivity contribution in [2.45, 2.75) is 30.5 Å². The smallest absolute Gasteiger partial charge is 0.265 e. The summed E-state index contributed by atoms with van der Waals surface area (Å²) in [6.45, 7) is 0. The molecule has 0 saturated carbocycles. The minimum Gasteiger partial charge on any atom is -0.265 e. The molecule has 1 rings (SSSR count). The van der Waals surface area contributed by atoms with E-state index in [1.54, 1.807) is 0 Å². The van der Waals surface area contributed by atoms with Crippen molar-refractivity contribution in [2.75, 3.05) is 0 Å². The summed E-state index contributed by atoms with van der Waals surface area (Å²) in [6, 6.07) is 0. The molecular formula is C5H2F8O. The van der Waals surface area contributed by atoms with E-state index >= 15 is 0 Å². The van der Waals surface area contributed by atoms with Crippen molar-refractivity contribution in [3.05, 3.63) is 0 Å². The Bertz CT molecular complexity index is 245. The summed E-state index contributed by atoms with van der Waals surface area (Å²) in [7, 11) is 0. The van der Waals surface area contributed by atoms with E-state index in [1.165, 1.54) is 0 Å². The van der Waals surface area contributed by atoms with Crippen LogP contribution in [0, 0.1) is 0 Å². The van der Waals surface area contributed by atoms with Gasteiger partial charge in [0.15, 0.2) is 0 Å². The lowest BCUT2D eigenvalue weighted by molar-refractivity contribution is -0.229. The van der Waals surface area contributed by atoms with Crippen LogP contribution >= 0.6 is 0 Å². The SMILES string of the molecule is FC(F)(F)CC(F)(F)C1(F)OC1(F)F. The first-order valence-corrected chi connectivity index (χ1v) is 3.13. The molecule has 84 valence electrons. The van der Waals surface area contributed by atoms with Gasteiger partial charge in [0.1, 0.15) is 6.42 Å². The Morgan fingerprint density at radius 2 is 1.29 bits per heavy atom. The minimum atomic E-state index is -5.45. The highest BCUT2D eigenvalue weighted by Gasteiger charge is 2.89. The molecule has 14 heavy (non-hydrogen) atoms. The van der Waals surface area contributed by atoms with E-state index < -0.39 is 30.5 Å². The average molecular weight is 230 g/mol. The predicted molar refractivity (Wildman–Crippen MR) is 25.5 cm³/mol. The maximum Gasteiger partial charge on any atom is 0.424 e. The number of alkyl halides is 8. The van der Waals surface area contributed by atoms with Crippen LogP contribution in [0.1, 0.15) is 6.42 Å². The van der Waals surface area contributed by atoms with Gasteiger partial charge in [0, 0.05) is 0 Å². The Kier molecular flexibility index (Phi) is 2.05. The van der Waals surface area contributed by atoms with Crippen molar-refractivity contribution >= 4 is 0 Å². The number of halogens is 8. The van der Waals surface area contributed by atoms with E-state index in [9.17, 15) is 35.1 Å². The van der Waals surface area contributed by atoms with Gasteiger partial charge in [-0.25, -0.2) is 0 Å². The highest BCUT2D eigenvalue weighted by Crippen LogP contribution is 2.62. The zero-order chi connectivity index (χ0) is 11.4. The highest BCUT2D eigenvalue weighted by molar-refractivity contribution is 5.04. The molecule has 0 bridgehead atoms. The first-order chi connectivity index (χ1) is 5.91. The first-order valence-electron chi connectivity index (χ1n) is 3.13. The second-order valence-electron chi connectivity index (χ2n) is 2.71. The number of rotatable bonds is 2. The summed E-state index contributed by atoms with van der Waals surface area (Å²) in [5.74, 6) is -10.1. The zero-order valence-corrected chi connectivity index (χ0v) is 6.14. The van der Waals surface area contributed by atoms with E-state index in [4.69, 9.17) is 0 Å². The average Bonchev–Trinajstić information content (AvgIpc) is 2.26. The Morgan fingerprint density at radius 1 is 0.929 bits per heavy atom. The molecule has 1 fully saturated rings. The van der Waals surface area contributed by atoms with E-state index in [1.807, 2.05) is 0 Å². The van der Waals surface area contributed by atoms with Gasteiger partial charge in [0.2, 0.25) is 0 Å². The van der Waals surface area contributed by atoms with Crippen LogP contribution < -0.4 is 0 Å². The monoisotopic (exact) mass is 230 g/mol. The molecule has 1 heterocycles. The lowest BCUT2D eigenvalue weighted by Gasteiger charge is -2.18. The number of hydrogen-bond donors (Lipinski definition) is 0. The van der Waals surface area contributed by atoms with Crippen molar-refractivity contribution in [1.82, 2.24) is 0 Å². The summed E-state index contributed by atoms with van der Waals surface area (Å²) in [5.41, 5.74) is 0. The van der Waals surface area contributed by atoms with Gasteiger partial charge in [0.25, 0.3) is 0 Å². The fourth-order valence-electron chi connectivity index (χ4n) is 0.804. The quantitative estimate of drug-likeness (QED) is 0.524. The summed E-state index contributed by atoms with van der Waals surface area (Å²) in [4.78, 5) is 0. The van der Waals surface area contributed by atoms with Crippen LogP contribution in [0.4, 0.5) is 35.1 Å².